The summed E-state index contributed by atoms with van der Waals surface area (Å²) in [6.45, 7) is 4.68. The van der Waals surface area contributed by atoms with Crippen LogP contribution in [0.5, 0.6) is 0 Å². The van der Waals surface area contributed by atoms with Crippen LogP contribution in [-0.2, 0) is 22.6 Å². The summed E-state index contributed by atoms with van der Waals surface area (Å²) in [4.78, 5) is 9.24. The van der Waals surface area contributed by atoms with Gasteiger partial charge in [0.2, 0.25) is 0 Å². The number of aromatic nitrogens is 3. The number of benzene rings is 1. The molecule has 0 radical (unpaired) electrons. The number of hydrogen-bond acceptors (Lipinski definition) is 5. The van der Waals surface area contributed by atoms with Crippen molar-refractivity contribution in [2.24, 2.45) is 0 Å². The minimum Gasteiger partial charge on any atom is -0.388 e. The number of imidazole rings is 1. The summed E-state index contributed by atoms with van der Waals surface area (Å²) in [6.07, 6.45) is 3.06. The molecule has 3 aromatic rings. The second kappa shape index (κ2) is 6.71. The van der Waals surface area contributed by atoms with Crippen molar-refractivity contribution < 1.29 is 14.6 Å². The smallest absolute Gasteiger partial charge is 0.136 e. The van der Waals surface area contributed by atoms with Crippen LogP contribution < -0.4 is 0 Å². The quantitative estimate of drug-likeness (QED) is 0.773. The van der Waals surface area contributed by atoms with E-state index in [1.165, 1.54) is 0 Å². The summed E-state index contributed by atoms with van der Waals surface area (Å²) < 4.78 is 13.1. The van der Waals surface area contributed by atoms with Crippen molar-refractivity contribution in [2.45, 2.75) is 38.5 Å². The molecule has 2 aromatic heterocycles. The third kappa shape index (κ3) is 3.13. The average Bonchev–Trinajstić information content (AvgIpc) is 2.98. The number of fused-ring (bicyclic) bond motifs is 3. The predicted octanol–water partition coefficient (Wildman–Crippen LogP) is 2.66. The number of aliphatic hydroxyl groups is 1. The van der Waals surface area contributed by atoms with Crippen LogP contribution in [0.15, 0.2) is 30.5 Å². The molecule has 0 bridgehead atoms. The normalized spacial score (nSPS) is 17.4. The second-order valence-corrected chi connectivity index (χ2v) is 6.60. The van der Waals surface area contributed by atoms with E-state index in [1.807, 2.05) is 25.1 Å². The molecule has 1 saturated heterocycles. The first-order valence-corrected chi connectivity index (χ1v) is 8.81. The summed E-state index contributed by atoms with van der Waals surface area (Å²) in [5.74, 6) is 0.829. The highest BCUT2D eigenvalue weighted by Crippen LogP contribution is 2.29. The molecule has 1 aromatic carbocycles. The lowest BCUT2D eigenvalue weighted by Gasteiger charge is -2.33. The number of para-hydroxylation sites is 1. The molecule has 0 aliphatic carbocycles. The van der Waals surface area contributed by atoms with Crippen LogP contribution in [0.4, 0.5) is 0 Å². The molecule has 1 fully saturated rings. The standard InChI is InChI=1S/C19H23N3O3/c1-2-24-12-17-21-16-11-20-15-6-4-3-5-14(15)18(16)22(17)13-19(23)7-9-25-10-8-19/h3-6,11,23H,2,7-10,12-13H2,1H3. The monoisotopic (exact) mass is 341 g/mol. The highest BCUT2D eigenvalue weighted by atomic mass is 16.5. The van der Waals surface area contributed by atoms with E-state index in [0.29, 0.717) is 45.8 Å². The van der Waals surface area contributed by atoms with Crippen LogP contribution in [0.1, 0.15) is 25.6 Å². The summed E-state index contributed by atoms with van der Waals surface area (Å²) in [6, 6.07) is 8.04. The Morgan fingerprint density at radius 1 is 1.24 bits per heavy atom. The van der Waals surface area contributed by atoms with Crippen LogP contribution in [0.25, 0.3) is 21.9 Å². The molecule has 1 N–H and O–H groups in total. The zero-order chi connectivity index (χ0) is 17.3. The largest absolute Gasteiger partial charge is 0.388 e. The molecule has 1 aliphatic rings. The van der Waals surface area contributed by atoms with Gasteiger partial charge in [0.1, 0.15) is 17.9 Å². The third-order valence-corrected chi connectivity index (χ3v) is 4.87. The maximum Gasteiger partial charge on any atom is 0.136 e. The third-order valence-electron chi connectivity index (χ3n) is 4.87. The molecule has 0 unspecified atom stereocenters. The highest BCUT2D eigenvalue weighted by Gasteiger charge is 2.32. The van der Waals surface area contributed by atoms with Gasteiger partial charge in [-0.1, -0.05) is 18.2 Å². The lowest BCUT2D eigenvalue weighted by Crippen LogP contribution is -2.40. The molecule has 6 heteroatoms. The minimum absolute atomic E-state index is 0.423. The summed E-state index contributed by atoms with van der Waals surface area (Å²) >= 11 is 0. The van der Waals surface area contributed by atoms with Gasteiger partial charge >= 0.3 is 0 Å². The summed E-state index contributed by atoms with van der Waals surface area (Å²) in [7, 11) is 0. The van der Waals surface area contributed by atoms with E-state index in [9.17, 15) is 5.11 Å². The topological polar surface area (TPSA) is 69.4 Å². The number of rotatable bonds is 5. The first-order chi connectivity index (χ1) is 12.2. The van der Waals surface area contributed by atoms with Crippen molar-refractivity contribution in [1.29, 1.82) is 0 Å². The Kier molecular flexibility index (Phi) is 4.41. The first-order valence-electron chi connectivity index (χ1n) is 8.81. The molecule has 4 rings (SSSR count). The molecule has 0 saturated carbocycles. The Morgan fingerprint density at radius 2 is 2.04 bits per heavy atom. The molecule has 6 nitrogen and oxygen atoms in total. The zero-order valence-electron chi connectivity index (χ0n) is 14.4. The van der Waals surface area contributed by atoms with E-state index in [0.717, 1.165) is 27.8 Å². The highest BCUT2D eigenvalue weighted by molar-refractivity contribution is 6.02. The van der Waals surface area contributed by atoms with E-state index in [4.69, 9.17) is 14.5 Å². The van der Waals surface area contributed by atoms with Crippen molar-refractivity contribution in [1.82, 2.24) is 14.5 Å². The van der Waals surface area contributed by atoms with E-state index < -0.39 is 5.60 Å². The van der Waals surface area contributed by atoms with Gasteiger partial charge in [-0.2, -0.15) is 0 Å². The second-order valence-electron chi connectivity index (χ2n) is 6.60. The molecular weight excluding hydrogens is 318 g/mol. The molecule has 3 heterocycles. The fraction of sp³-hybridized carbons (Fsp3) is 0.474. The van der Waals surface area contributed by atoms with Gasteiger partial charge < -0.3 is 19.1 Å². The van der Waals surface area contributed by atoms with Crippen LogP contribution in [-0.4, -0.2) is 45.1 Å². The van der Waals surface area contributed by atoms with Crippen LogP contribution in [0, 0.1) is 0 Å². The molecule has 132 valence electrons. The number of pyridine rings is 1. The van der Waals surface area contributed by atoms with Gasteiger partial charge in [-0.3, -0.25) is 4.98 Å². The van der Waals surface area contributed by atoms with Crippen molar-refractivity contribution >= 4 is 21.9 Å². The maximum atomic E-state index is 11.0. The van der Waals surface area contributed by atoms with Gasteiger partial charge in [0.15, 0.2) is 0 Å². The fourth-order valence-corrected chi connectivity index (χ4v) is 3.49. The van der Waals surface area contributed by atoms with Crippen molar-refractivity contribution in [3.8, 4) is 0 Å². The predicted molar refractivity (Wildman–Crippen MR) is 95.4 cm³/mol. The zero-order valence-corrected chi connectivity index (χ0v) is 14.4. The lowest BCUT2D eigenvalue weighted by atomic mass is 9.94. The Morgan fingerprint density at radius 3 is 2.84 bits per heavy atom. The van der Waals surface area contributed by atoms with Crippen molar-refractivity contribution in [2.75, 3.05) is 19.8 Å². The Labute approximate surface area is 146 Å². The molecule has 0 spiro atoms. The Bertz CT molecular complexity index is 884. The van der Waals surface area contributed by atoms with Crippen LogP contribution in [0.3, 0.4) is 0 Å². The molecule has 0 amide bonds. The van der Waals surface area contributed by atoms with Gasteiger partial charge in [-0.05, 0) is 13.0 Å². The summed E-state index contributed by atoms with van der Waals surface area (Å²) in [5.41, 5.74) is 2.00. The van der Waals surface area contributed by atoms with Gasteiger partial charge in [-0.15, -0.1) is 0 Å². The number of ether oxygens (including phenoxy) is 2. The molecule has 1 aliphatic heterocycles. The van der Waals surface area contributed by atoms with Gasteiger partial charge in [0.25, 0.3) is 0 Å². The summed E-state index contributed by atoms with van der Waals surface area (Å²) in [5, 5.41) is 12.1. The molecular formula is C19H23N3O3. The van der Waals surface area contributed by atoms with Gasteiger partial charge in [0.05, 0.1) is 29.4 Å². The van der Waals surface area contributed by atoms with E-state index in [-0.39, 0.29) is 0 Å². The molecule has 25 heavy (non-hydrogen) atoms. The number of hydrogen-bond donors (Lipinski definition) is 1. The van der Waals surface area contributed by atoms with E-state index in [1.54, 1.807) is 6.20 Å². The van der Waals surface area contributed by atoms with E-state index in [2.05, 4.69) is 15.6 Å². The first kappa shape index (κ1) is 16.4. The Hall–Kier alpha value is -2.02. The fourth-order valence-electron chi connectivity index (χ4n) is 3.49. The minimum atomic E-state index is -0.781. The van der Waals surface area contributed by atoms with Gasteiger partial charge in [0, 0.05) is 38.0 Å². The SMILES string of the molecule is CCOCc1nc2cnc3ccccc3c2n1CC1(O)CCOCC1. The number of nitrogens with zero attached hydrogens (tertiary/aromatic N) is 3. The molecule has 0 atom stereocenters. The van der Waals surface area contributed by atoms with Crippen LogP contribution >= 0.6 is 0 Å². The maximum absolute atomic E-state index is 11.0. The average molecular weight is 341 g/mol. The lowest BCUT2D eigenvalue weighted by molar-refractivity contribution is -0.0730. The Balaban J connectivity index is 1.86. The van der Waals surface area contributed by atoms with Crippen molar-refractivity contribution in [3.63, 3.8) is 0 Å². The van der Waals surface area contributed by atoms with Gasteiger partial charge in [-0.25, -0.2) is 4.98 Å². The van der Waals surface area contributed by atoms with Crippen molar-refractivity contribution in [3.05, 3.63) is 36.3 Å². The van der Waals surface area contributed by atoms with E-state index >= 15 is 0 Å². The van der Waals surface area contributed by atoms with Crippen LogP contribution in [0.2, 0.25) is 0 Å².